The standard InChI is InChI=1S/C24H22ClF4N3O2.C19H18ClFN4O.C4H5F3O2/c1-13(2)22-21(12-19(23(34)32-22)18-9-14(25)3-4-20(18)26)31-15-6-8-30-16(10-15)11-17(33)5-7-24(27,28)29;1-10(2)18-16(24-12-5-6-23-17(22)8-12)9-14(19(26)25-18)13-7-11(20)3-4-15(13)21;5-4(6,7)2-1-3(8)9/h3-4,6,8-10,12-13H,5,7,11H2,1-2H3,(H,30,31)(H,32,34);3-10H,1-2H3,(H,25,26)(H3,22,23,24);1-2H2,(H,8,9). The number of aromatic amines is 2. The predicted molar refractivity (Wildman–Crippen MR) is 249 cm³/mol. The minimum Gasteiger partial charge on any atom is -0.481 e. The number of carbonyl (C=O) groups is 2. The molecule has 368 valence electrons. The van der Waals surface area contributed by atoms with Crippen molar-refractivity contribution in [1.29, 1.82) is 0 Å². The van der Waals surface area contributed by atoms with Gasteiger partial charge in [-0.1, -0.05) is 50.9 Å². The van der Waals surface area contributed by atoms with Crippen molar-refractivity contribution in [2.24, 2.45) is 0 Å². The molecule has 0 saturated heterocycles. The number of H-pyrrole nitrogens is 2. The minimum atomic E-state index is -4.40. The van der Waals surface area contributed by atoms with Gasteiger partial charge in [-0.15, -0.1) is 0 Å². The van der Waals surface area contributed by atoms with Crippen LogP contribution in [-0.4, -0.2) is 49.1 Å². The number of rotatable bonds is 14. The summed E-state index contributed by atoms with van der Waals surface area (Å²) < 4.78 is 99.2. The number of alkyl halides is 6. The SMILES string of the molecule is CC(C)c1[nH]c(=O)c(-c2cc(Cl)ccc2F)cc1Nc1ccnc(CC(=O)CCC(F)(F)F)c1.CC(C)c1[nH]c(=O)c(-c2cc(Cl)ccc2F)cc1Nc1ccnc(N)c1.O=C(O)CCC(F)(F)F. The second-order valence-corrected chi connectivity index (χ2v) is 16.7. The molecule has 4 heterocycles. The van der Waals surface area contributed by atoms with E-state index in [1.807, 2.05) is 27.7 Å². The summed E-state index contributed by atoms with van der Waals surface area (Å²) in [5, 5.41) is 14.8. The third-order valence-corrected chi connectivity index (χ3v) is 10.0. The van der Waals surface area contributed by atoms with Crippen LogP contribution < -0.4 is 27.5 Å². The number of ketones is 1. The van der Waals surface area contributed by atoms with Crippen LogP contribution in [0, 0.1) is 11.6 Å². The van der Waals surface area contributed by atoms with Gasteiger partial charge < -0.3 is 31.4 Å². The molecular formula is C47H45Cl2F8N7O5. The van der Waals surface area contributed by atoms with Crippen molar-refractivity contribution in [2.45, 2.75) is 84.0 Å². The van der Waals surface area contributed by atoms with Crippen LogP contribution in [0.25, 0.3) is 22.3 Å². The molecule has 0 aliphatic heterocycles. The third kappa shape index (κ3) is 17.3. The van der Waals surface area contributed by atoms with E-state index in [0.717, 1.165) is 0 Å². The Bertz CT molecular complexity index is 2890. The Kier molecular flexibility index (Phi) is 19.0. The lowest BCUT2D eigenvalue weighted by Crippen LogP contribution is -2.15. The molecule has 0 bridgehead atoms. The number of aromatic nitrogens is 4. The zero-order valence-corrected chi connectivity index (χ0v) is 38.6. The predicted octanol–water partition coefficient (Wildman–Crippen LogP) is 12.6. The van der Waals surface area contributed by atoms with E-state index in [9.17, 15) is 54.3 Å². The molecule has 0 aliphatic carbocycles. The van der Waals surface area contributed by atoms with Crippen molar-refractivity contribution in [3.63, 3.8) is 0 Å². The maximum atomic E-state index is 14.4. The van der Waals surface area contributed by atoms with Crippen molar-refractivity contribution in [3.05, 3.63) is 145 Å². The number of halogens is 10. The first-order chi connectivity index (χ1) is 32.2. The third-order valence-electron chi connectivity index (χ3n) is 9.58. The highest BCUT2D eigenvalue weighted by atomic mass is 35.5. The first-order valence-corrected chi connectivity index (χ1v) is 21.5. The summed E-state index contributed by atoms with van der Waals surface area (Å²) in [6.45, 7) is 7.65. The maximum Gasteiger partial charge on any atom is 0.389 e. The quantitative estimate of drug-likeness (QED) is 0.0571. The topological polar surface area (TPSA) is 196 Å². The lowest BCUT2D eigenvalue weighted by Gasteiger charge is -2.17. The highest BCUT2D eigenvalue weighted by molar-refractivity contribution is 6.31. The van der Waals surface area contributed by atoms with Gasteiger partial charge in [0.05, 0.1) is 41.8 Å². The number of pyridine rings is 4. The molecule has 22 heteroatoms. The summed E-state index contributed by atoms with van der Waals surface area (Å²) in [7, 11) is 0. The van der Waals surface area contributed by atoms with E-state index >= 15 is 0 Å². The number of nitrogens with one attached hydrogen (secondary N) is 4. The summed E-state index contributed by atoms with van der Waals surface area (Å²) in [6, 6.07) is 17.7. The first kappa shape index (κ1) is 54.8. The van der Waals surface area contributed by atoms with E-state index in [1.54, 1.807) is 36.5 Å². The van der Waals surface area contributed by atoms with E-state index < -0.39 is 67.0 Å². The molecule has 0 radical (unpaired) electrons. The number of nitrogen functional groups attached to an aromatic ring is 1. The van der Waals surface area contributed by atoms with E-state index in [2.05, 4.69) is 30.6 Å². The molecule has 7 N–H and O–H groups in total. The molecule has 0 saturated carbocycles. The molecule has 6 rings (SSSR count). The summed E-state index contributed by atoms with van der Waals surface area (Å²) in [5.41, 5.74) is 9.23. The smallest absolute Gasteiger partial charge is 0.389 e. The van der Waals surface area contributed by atoms with Crippen LogP contribution in [-0.2, 0) is 16.0 Å². The zero-order valence-electron chi connectivity index (χ0n) is 37.1. The van der Waals surface area contributed by atoms with Gasteiger partial charge >= 0.3 is 18.3 Å². The molecule has 0 fully saturated rings. The molecule has 0 amide bonds. The lowest BCUT2D eigenvalue weighted by atomic mass is 10.0. The molecule has 69 heavy (non-hydrogen) atoms. The normalized spacial score (nSPS) is 11.4. The Balaban J connectivity index is 0.000000261. The summed E-state index contributed by atoms with van der Waals surface area (Å²) in [5.74, 6) is -2.81. The molecule has 4 aromatic heterocycles. The number of aliphatic carboxylic acids is 1. The summed E-state index contributed by atoms with van der Waals surface area (Å²) in [4.78, 5) is 60.4. The Labute approximate surface area is 399 Å². The number of anilines is 5. The van der Waals surface area contributed by atoms with Gasteiger partial charge in [0.15, 0.2) is 0 Å². The van der Waals surface area contributed by atoms with Crippen molar-refractivity contribution >= 4 is 63.5 Å². The Morgan fingerprint density at radius 3 is 1.49 bits per heavy atom. The maximum absolute atomic E-state index is 14.4. The average Bonchev–Trinajstić information content (AvgIpc) is 3.25. The molecule has 0 unspecified atom stereocenters. The Morgan fingerprint density at radius 2 is 1.09 bits per heavy atom. The van der Waals surface area contributed by atoms with Gasteiger partial charge in [-0.3, -0.25) is 24.2 Å². The van der Waals surface area contributed by atoms with E-state index in [-0.39, 0.29) is 51.1 Å². The van der Waals surface area contributed by atoms with Crippen LogP contribution in [0.5, 0.6) is 0 Å². The van der Waals surface area contributed by atoms with Gasteiger partial charge in [-0.05, 0) is 78.6 Å². The number of carboxylic acids is 1. The molecule has 0 atom stereocenters. The Morgan fingerprint density at radius 1 is 0.652 bits per heavy atom. The second-order valence-electron chi connectivity index (χ2n) is 15.8. The van der Waals surface area contributed by atoms with Gasteiger partial charge in [-0.25, -0.2) is 13.8 Å². The van der Waals surface area contributed by atoms with Gasteiger partial charge in [-0.2, -0.15) is 26.3 Å². The molecular weight excluding hydrogens is 965 g/mol. The van der Waals surface area contributed by atoms with E-state index in [0.29, 0.717) is 50.7 Å². The van der Waals surface area contributed by atoms with Gasteiger partial charge in [0, 0.05) is 80.9 Å². The number of carbonyl (C=O) groups excluding carboxylic acids is 1. The summed E-state index contributed by atoms with van der Waals surface area (Å²) in [6.07, 6.45) is -9.87. The van der Waals surface area contributed by atoms with Gasteiger partial charge in [0.25, 0.3) is 11.1 Å². The van der Waals surface area contributed by atoms with Crippen LogP contribution in [0.3, 0.4) is 0 Å². The lowest BCUT2D eigenvalue weighted by molar-refractivity contribution is -0.152. The monoisotopic (exact) mass is 1010 g/mol. The molecule has 12 nitrogen and oxygen atoms in total. The highest BCUT2D eigenvalue weighted by Gasteiger charge is 2.29. The molecule has 0 aliphatic rings. The van der Waals surface area contributed by atoms with Crippen molar-refractivity contribution < 1.29 is 49.8 Å². The second kappa shape index (κ2) is 24.0. The average molecular weight is 1010 g/mol. The number of hydrogen-bond acceptors (Lipinski definition) is 9. The van der Waals surface area contributed by atoms with Crippen molar-refractivity contribution in [3.8, 4) is 22.3 Å². The molecule has 6 aromatic rings. The Hall–Kier alpha value is -6.80. The number of benzene rings is 2. The largest absolute Gasteiger partial charge is 0.481 e. The van der Waals surface area contributed by atoms with Crippen LogP contribution in [0.4, 0.5) is 63.7 Å². The van der Waals surface area contributed by atoms with E-state index in [1.165, 1.54) is 48.7 Å². The van der Waals surface area contributed by atoms with Crippen molar-refractivity contribution in [1.82, 2.24) is 19.9 Å². The number of Topliss-reactive ketones (excluding diaryl/α,β-unsaturated/α-hetero) is 1. The highest BCUT2D eigenvalue weighted by Crippen LogP contribution is 2.33. The minimum absolute atomic E-state index is 0.0396. The zero-order chi connectivity index (χ0) is 51.4. The summed E-state index contributed by atoms with van der Waals surface area (Å²) >= 11 is 12.0. The van der Waals surface area contributed by atoms with Crippen LogP contribution in [0.1, 0.15) is 82.3 Å². The van der Waals surface area contributed by atoms with Crippen molar-refractivity contribution in [2.75, 3.05) is 16.4 Å². The number of nitrogens with zero attached hydrogens (tertiary/aromatic N) is 2. The van der Waals surface area contributed by atoms with Crippen LogP contribution >= 0.6 is 23.2 Å². The molecule has 2 aromatic carbocycles. The molecule has 0 spiro atoms. The number of nitrogens with two attached hydrogens (primary N) is 1. The fourth-order valence-electron chi connectivity index (χ4n) is 6.32. The number of carboxylic acid groups (broad SMARTS) is 1. The fraction of sp³-hybridized carbons (Fsp3) is 0.277. The van der Waals surface area contributed by atoms with Crippen LogP contribution in [0.2, 0.25) is 10.0 Å². The number of hydrogen-bond donors (Lipinski definition) is 6. The first-order valence-electron chi connectivity index (χ1n) is 20.7. The van der Waals surface area contributed by atoms with Crippen LogP contribution in [0.15, 0.2) is 94.8 Å². The van der Waals surface area contributed by atoms with Gasteiger partial charge in [0.2, 0.25) is 0 Å². The van der Waals surface area contributed by atoms with Gasteiger partial charge in [0.1, 0.15) is 23.2 Å². The van der Waals surface area contributed by atoms with E-state index in [4.69, 9.17) is 34.0 Å². The fourth-order valence-corrected chi connectivity index (χ4v) is 6.67.